The van der Waals surface area contributed by atoms with E-state index in [4.69, 9.17) is 12.2 Å². The van der Waals surface area contributed by atoms with Crippen LogP contribution in [-0.4, -0.2) is 16.6 Å². The first-order chi connectivity index (χ1) is 12.8. The SMILES string of the molecule is S=C(N1CCc2ccccc2C1)N(Cc1ccccc1)c1ccccc1. The summed E-state index contributed by atoms with van der Waals surface area (Å²) >= 11 is 5.96. The molecule has 0 bridgehead atoms. The van der Waals surface area contributed by atoms with E-state index < -0.39 is 0 Å². The van der Waals surface area contributed by atoms with Crippen LogP contribution < -0.4 is 4.90 Å². The largest absolute Gasteiger partial charge is 0.344 e. The average Bonchev–Trinajstić information content (AvgIpc) is 2.72. The van der Waals surface area contributed by atoms with Gasteiger partial charge in [0.2, 0.25) is 0 Å². The Labute approximate surface area is 160 Å². The molecule has 0 amide bonds. The molecule has 0 saturated heterocycles. The number of fused-ring (bicyclic) bond motifs is 1. The summed E-state index contributed by atoms with van der Waals surface area (Å²) in [5, 5.41) is 0.898. The van der Waals surface area contributed by atoms with Crippen LogP contribution in [-0.2, 0) is 19.5 Å². The highest BCUT2D eigenvalue weighted by Gasteiger charge is 2.23. The smallest absolute Gasteiger partial charge is 0.176 e. The van der Waals surface area contributed by atoms with Gasteiger partial charge in [0.15, 0.2) is 5.11 Å². The van der Waals surface area contributed by atoms with Crippen LogP contribution in [0.5, 0.6) is 0 Å². The van der Waals surface area contributed by atoms with Gasteiger partial charge in [-0.15, -0.1) is 0 Å². The fraction of sp³-hybridized carbons (Fsp3) is 0.174. The van der Waals surface area contributed by atoms with Gasteiger partial charge in [0.25, 0.3) is 0 Å². The van der Waals surface area contributed by atoms with Crippen molar-refractivity contribution in [2.45, 2.75) is 19.5 Å². The Hall–Kier alpha value is -2.65. The Balaban J connectivity index is 1.60. The molecule has 0 radical (unpaired) electrons. The molecule has 0 atom stereocenters. The number of anilines is 1. The van der Waals surface area contributed by atoms with Crippen LogP contribution in [0.2, 0.25) is 0 Å². The molecule has 26 heavy (non-hydrogen) atoms. The molecule has 0 fully saturated rings. The third-order valence-corrected chi connectivity index (χ3v) is 5.36. The van der Waals surface area contributed by atoms with Gasteiger partial charge in [-0.2, -0.15) is 0 Å². The topological polar surface area (TPSA) is 6.48 Å². The highest BCUT2D eigenvalue weighted by atomic mass is 32.1. The summed E-state index contributed by atoms with van der Waals surface area (Å²) in [6, 6.07) is 29.7. The number of nitrogens with zero attached hydrogens (tertiary/aromatic N) is 2. The second-order valence-corrected chi connectivity index (χ2v) is 7.00. The van der Waals surface area contributed by atoms with E-state index in [-0.39, 0.29) is 0 Å². The highest BCUT2D eigenvalue weighted by Crippen LogP contribution is 2.24. The molecule has 1 heterocycles. The van der Waals surface area contributed by atoms with E-state index in [1.165, 1.54) is 16.7 Å². The summed E-state index contributed by atoms with van der Waals surface area (Å²) in [4.78, 5) is 4.58. The number of benzene rings is 3. The van der Waals surface area contributed by atoms with E-state index in [0.717, 1.165) is 36.9 Å². The minimum absolute atomic E-state index is 0.780. The van der Waals surface area contributed by atoms with Crippen LogP contribution >= 0.6 is 12.2 Å². The van der Waals surface area contributed by atoms with E-state index in [9.17, 15) is 0 Å². The molecule has 1 aliphatic rings. The zero-order valence-electron chi connectivity index (χ0n) is 14.7. The standard InChI is InChI=1S/C23H22N2S/c26-23(24-16-15-20-11-7-8-12-21(20)18-24)25(22-13-5-2-6-14-22)17-19-9-3-1-4-10-19/h1-14H,15-18H2. The molecule has 2 nitrogen and oxygen atoms in total. The fourth-order valence-electron chi connectivity index (χ4n) is 3.47. The van der Waals surface area contributed by atoms with Crippen LogP contribution in [0.4, 0.5) is 5.69 Å². The van der Waals surface area contributed by atoms with Crippen molar-refractivity contribution >= 4 is 23.0 Å². The van der Waals surface area contributed by atoms with Crippen molar-refractivity contribution in [2.24, 2.45) is 0 Å². The zero-order chi connectivity index (χ0) is 17.8. The summed E-state index contributed by atoms with van der Waals surface area (Å²) in [6.45, 7) is 2.63. The van der Waals surface area contributed by atoms with Crippen LogP contribution in [0.3, 0.4) is 0 Å². The van der Waals surface area contributed by atoms with Crippen molar-refractivity contribution in [1.82, 2.24) is 4.90 Å². The number of para-hydroxylation sites is 1. The van der Waals surface area contributed by atoms with Gasteiger partial charge in [0.1, 0.15) is 0 Å². The van der Waals surface area contributed by atoms with Gasteiger partial charge in [-0.25, -0.2) is 0 Å². The van der Waals surface area contributed by atoms with E-state index >= 15 is 0 Å². The quantitative estimate of drug-likeness (QED) is 0.606. The second-order valence-electron chi connectivity index (χ2n) is 6.63. The molecule has 0 saturated carbocycles. The van der Waals surface area contributed by atoms with Crippen LogP contribution in [0.1, 0.15) is 16.7 Å². The molecule has 0 N–H and O–H groups in total. The molecule has 1 aliphatic heterocycles. The van der Waals surface area contributed by atoms with E-state index in [2.05, 4.69) is 88.7 Å². The Bertz CT molecular complexity index is 877. The number of thiocarbonyl (C=S) groups is 1. The van der Waals surface area contributed by atoms with Crippen molar-refractivity contribution in [3.05, 3.63) is 102 Å². The third-order valence-electron chi connectivity index (χ3n) is 4.88. The van der Waals surface area contributed by atoms with Crippen molar-refractivity contribution in [2.75, 3.05) is 11.4 Å². The van der Waals surface area contributed by atoms with Crippen LogP contribution in [0.15, 0.2) is 84.9 Å². The molecule has 0 spiro atoms. The van der Waals surface area contributed by atoms with Gasteiger partial charge in [0, 0.05) is 18.8 Å². The van der Waals surface area contributed by atoms with Gasteiger partial charge in [-0.3, -0.25) is 0 Å². The van der Waals surface area contributed by atoms with E-state index in [0.29, 0.717) is 0 Å². The first kappa shape index (κ1) is 16.8. The molecule has 3 aromatic rings. The number of hydrogen-bond acceptors (Lipinski definition) is 1. The lowest BCUT2D eigenvalue weighted by molar-refractivity contribution is 0.393. The maximum Gasteiger partial charge on any atom is 0.176 e. The predicted octanol–water partition coefficient (Wildman–Crippen LogP) is 5.04. The predicted molar refractivity (Wildman–Crippen MR) is 112 cm³/mol. The Morgan fingerprint density at radius 2 is 1.42 bits per heavy atom. The van der Waals surface area contributed by atoms with Crippen LogP contribution in [0, 0.1) is 0 Å². The molecule has 130 valence electrons. The van der Waals surface area contributed by atoms with Crippen LogP contribution in [0.25, 0.3) is 0 Å². The molecule has 3 aromatic carbocycles. The fourth-order valence-corrected chi connectivity index (χ4v) is 3.80. The lowest BCUT2D eigenvalue weighted by Crippen LogP contribution is -2.45. The van der Waals surface area contributed by atoms with Crippen molar-refractivity contribution in [1.29, 1.82) is 0 Å². The zero-order valence-corrected chi connectivity index (χ0v) is 15.5. The molecular weight excluding hydrogens is 336 g/mol. The maximum atomic E-state index is 5.96. The summed E-state index contributed by atoms with van der Waals surface area (Å²) in [6.07, 6.45) is 1.05. The Morgan fingerprint density at radius 3 is 2.15 bits per heavy atom. The second kappa shape index (κ2) is 7.71. The molecule has 4 rings (SSSR count). The van der Waals surface area contributed by atoms with Crippen molar-refractivity contribution in [3.8, 4) is 0 Å². The molecule has 0 unspecified atom stereocenters. The molecule has 0 aromatic heterocycles. The van der Waals surface area contributed by atoms with Gasteiger partial charge in [-0.05, 0) is 47.5 Å². The van der Waals surface area contributed by atoms with Gasteiger partial charge < -0.3 is 9.80 Å². The minimum Gasteiger partial charge on any atom is -0.344 e. The van der Waals surface area contributed by atoms with Gasteiger partial charge in [0.05, 0.1) is 6.54 Å². The Kier molecular flexibility index (Phi) is 4.98. The molecule has 0 aliphatic carbocycles. The van der Waals surface area contributed by atoms with Crippen molar-refractivity contribution < 1.29 is 0 Å². The normalized spacial score (nSPS) is 13.2. The first-order valence-corrected chi connectivity index (χ1v) is 9.44. The van der Waals surface area contributed by atoms with E-state index in [1.807, 2.05) is 6.07 Å². The number of hydrogen-bond donors (Lipinski definition) is 0. The minimum atomic E-state index is 0.780. The van der Waals surface area contributed by atoms with Gasteiger partial charge in [-0.1, -0.05) is 72.8 Å². The highest BCUT2D eigenvalue weighted by molar-refractivity contribution is 7.80. The van der Waals surface area contributed by atoms with Gasteiger partial charge >= 0.3 is 0 Å². The van der Waals surface area contributed by atoms with E-state index in [1.54, 1.807) is 0 Å². The summed E-state index contributed by atoms with van der Waals surface area (Å²) in [5.74, 6) is 0. The summed E-state index contributed by atoms with van der Waals surface area (Å²) in [7, 11) is 0. The van der Waals surface area contributed by atoms with Crippen molar-refractivity contribution in [3.63, 3.8) is 0 Å². The summed E-state index contributed by atoms with van der Waals surface area (Å²) in [5.41, 5.74) is 5.23. The molecular formula is C23H22N2S. The number of rotatable bonds is 3. The maximum absolute atomic E-state index is 5.96. The lowest BCUT2D eigenvalue weighted by Gasteiger charge is -2.36. The lowest BCUT2D eigenvalue weighted by atomic mass is 10.0. The summed E-state index contributed by atoms with van der Waals surface area (Å²) < 4.78 is 0. The third kappa shape index (κ3) is 3.63. The first-order valence-electron chi connectivity index (χ1n) is 9.03. The molecule has 3 heteroatoms. The average molecular weight is 359 g/mol. The Morgan fingerprint density at radius 1 is 0.808 bits per heavy atom. The monoisotopic (exact) mass is 358 g/mol.